The normalized spacial score (nSPS) is 33.7. The van der Waals surface area contributed by atoms with Gasteiger partial charge in [-0.15, -0.1) is 0 Å². The van der Waals surface area contributed by atoms with E-state index in [1.807, 2.05) is 0 Å². The lowest BCUT2D eigenvalue weighted by molar-refractivity contribution is -0.0580. The summed E-state index contributed by atoms with van der Waals surface area (Å²) < 4.78 is 14.2. The van der Waals surface area contributed by atoms with Gasteiger partial charge in [-0.05, 0) is 98.7 Å². The van der Waals surface area contributed by atoms with Crippen molar-refractivity contribution in [3.05, 3.63) is 35.1 Å². The fourth-order valence-corrected chi connectivity index (χ4v) is 6.21. The Balaban J connectivity index is 1.37. The Morgan fingerprint density at radius 2 is 1.79 bits per heavy atom. The molecule has 5 rings (SSSR count). The summed E-state index contributed by atoms with van der Waals surface area (Å²) in [4.78, 5) is 11.3. The summed E-state index contributed by atoms with van der Waals surface area (Å²) in [6.07, 6.45) is 11.6. The third kappa shape index (κ3) is 2.97. The van der Waals surface area contributed by atoms with Crippen LogP contribution in [0, 0.1) is 29.0 Å². The lowest BCUT2D eigenvalue weighted by Gasteiger charge is -2.57. The van der Waals surface area contributed by atoms with Crippen LogP contribution in [0.4, 0.5) is 4.39 Å². The molecule has 0 aliphatic heterocycles. The van der Waals surface area contributed by atoms with Gasteiger partial charge in [0.1, 0.15) is 5.82 Å². The zero-order valence-electron chi connectivity index (χ0n) is 14.1. The fourth-order valence-electron chi connectivity index (χ4n) is 6.21. The topological polar surface area (TPSA) is 49.3 Å². The molecule has 3 nitrogen and oxygen atoms in total. The van der Waals surface area contributed by atoms with E-state index in [2.05, 4.69) is 0 Å². The Morgan fingerprint density at radius 3 is 2.33 bits per heavy atom. The van der Waals surface area contributed by atoms with Crippen LogP contribution in [0.3, 0.4) is 0 Å². The minimum Gasteiger partial charge on any atom is -0.288 e. The lowest BCUT2D eigenvalue weighted by atomic mass is 9.48. The highest BCUT2D eigenvalue weighted by atomic mass is 19.1. The Hall–Kier alpha value is -1.42. The van der Waals surface area contributed by atoms with Crippen molar-refractivity contribution in [2.24, 2.45) is 23.2 Å². The molecule has 0 spiro atoms. The minimum absolute atomic E-state index is 0.153. The molecule has 4 saturated carbocycles. The van der Waals surface area contributed by atoms with Gasteiger partial charge in [0.25, 0.3) is 5.91 Å². The summed E-state index contributed by atoms with van der Waals surface area (Å²) in [5, 5.41) is 8.62. The van der Waals surface area contributed by atoms with Crippen molar-refractivity contribution < 1.29 is 14.4 Å². The summed E-state index contributed by atoms with van der Waals surface area (Å²) in [6.45, 7) is 0. The summed E-state index contributed by atoms with van der Waals surface area (Å²) >= 11 is 0. The zero-order valence-corrected chi connectivity index (χ0v) is 14.1. The maximum absolute atomic E-state index is 14.2. The van der Waals surface area contributed by atoms with Crippen LogP contribution < -0.4 is 5.48 Å². The Labute approximate surface area is 142 Å². The second kappa shape index (κ2) is 6.14. The van der Waals surface area contributed by atoms with Crippen molar-refractivity contribution >= 4 is 5.91 Å². The Kier molecular flexibility index (Phi) is 4.11. The highest BCUT2D eigenvalue weighted by Gasteiger charge is 2.50. The molecular formula is C20H26FNO2. The van der Waals surface area contributed by atoms with Gasteiger partial charge < -0.3 is 0 Å². The fraction of sp³-hybridized carbons (Fsp3) is 0.650. The van der Waals surface area contributed by atoms with Gasteiger partial charge >= 0.3 is 0 Å². The van der Waals surface area contributed by atoms with E-state index < -0.39 is 5.91 Å². The Bertz CT molecular complexity index is 607. The number of carbonyl (C=O) groups excluding carboxylic acids is 1. The number of nitrogens with one attached hydrogen (secondary N) is 1. The molecule has 130 valence electrons. The number of aryl methyl sites for hydroxylation is 1. The molecule has 0 atom stereocenters. The summed E-state index contributed by atoms with van der Waals surface area (Å²) in [6, 6.07) is 4.47. The van der Waals surface area contributed by atoms with Crippen LogP contribution >= 0.6 is 0 Å². The van der Waals surface area contributed by atoms with E-state index in [9.17, 15) is 9.18 Å². The second-order valence-corrected chi connectivity index (χ2v) is 8.52. The minimum atomic E-state index is -0.672. The smallest absolute Gasteiger partial charge is 0.274 e. The molecule has 0 saturated heterocycles. The summed E-state index contributed by atoms with van der Waals surface area (Å²) in [7, 11) is 0. The molecule has 0 unspecified atom stereocenters. The quantitative estimate of drug-likeness (QED) is 0.617. The van der Waals surface area contributed by atoms with Crippen molar-refractivity contribution in [1.29, 1.82) is 0 Å². The maximum atomic E-state index is 14.2. The van der Waals surface area contributed by atoms with Crippen molar-refractivity contribution in [3.8, 4) is 0 Å². The van der Waals surface area contributed by atoms with Crippen LogP contribution in [-0.2, 0) is 6.42 Å². The molecule has 4 heteroatoms. The molecule has 1 aromatic rings. The van der Waals surface area contributed by atoms with Gasteiger partial charge in [0.2, 0.25) is 0 Å². The van der Waals surface area contributed by atoms with E-state index in [1.165, 1.54) is 56.5 Å². The predicted octanol–water partition coefficient (Wildman–Crippen LogP) is 4.48. The Morgan fingerprint density at radius 1 is 1.17 bits per heavy atom. The largest absolute Gasteiger partial charge is 0.288 e. The van der Waals surface area contributed by atoms with Gasteiger partial charge in [0.15, 0.2) is 0 Å². The third-order valence-corrected chi connectivity index (χ3v) is 6.74. The standard InChI is InChI=1S/C20H26FNO2/c21-18-9-17(19(23)22-24)4-3-16(18)2-1-5-20-10-13-6-14(11-20)8-15(7-13)12-20/h3-4,9,13-15,24H,1-2,5-8,10-12H2,(H,22,23). The van der Waals surface area contributed by atoms with Crippen LogP contribution in [0.25, 0.3) is 0 Å². The average Bonchev–Trinajstić information content (AvgIpc) is 2.54. The van der Waals surface area contributed by atoms with Gasteiger partial charge in [-0.25, -0.2) is 9.87 Å². The van der Waals surface area contributed by atoms with Crippen molar-refractivity contribution in [2.75, 3.05) is 0 Å². The van der Waals surface area contributed by atoms with Gasteiger partial charge in [0, 0.05) is 5.56 Å². The first-order valence-corrected chi connectivity index (χ1v) is 9.30. The first-order chi connectivity index (χ1) is 11.6. The monoisotopic (exact) mass is 331 g/mol. The van der Waals surface area contributed by atoms with Gasteiger partial charge in [-0.3, -0.25) is 10.0 Å². The van der Waals surface area contributed by atoms with Crippen molar-refractivity contribution in [3.63, 3.8) is 0 Å². The number of carbonyl (C=O) groups is 1. The number of amides is 1. The van der Waals surface area contributed by atoms with E-state index in [0.717, 1.165) is 30.6 Å². The number of halogens is 1. The number of benzene rings is 1. The molecule has 24 heavy (non-hydrogen) atoms. The van der Waals surface area contributed by atoms with Gasteiger partial charge in [0.05, 0.1) is 0 Å². The summed E-state index contributed by atoms with van der Waals surface area (Å²) in [5.74, 6) is 1.87. The maximum Gasteiger partial charge on any atom is 0.274 e. The molecule has 1 aromatic carbocycles. The average molecular weight is 331 g/mol. The van der Waals surface area contributed by atoms with Gasteiger partial charge in [-0.2, -0.15) is 0 Å². The van der Waals surface area contributed by atoms with Crippen LogP contribution in [0.1, 0.15) is 67.3 Å². The molecule has 0 aromatic heterocycles. The molecule has 0 radical (unpaired) electrons. The van der Waals surface area contributed by atoms with E-state index in [4.69, 9.17) is 5.21 Å². The molecule has 4 bridgehead atoms. The second-order valence-electron chi connectivity index (χ2n) is 8.52. The highest BCUT2D eigenvalue weighted by molar-refractivity contribution is 5.93. The number of hydrogen-bond acceptors (Lipinski definition) is 2. The SMILES string of the molecule is O=C(NO)c1ccc(CCCC23CC4CC(CC(C4)C2)C3)c(F)c1. The first kappa shape index (κ1) is 16.1. The highest BCUT2D eigenvalue weighted by Crippen LogP contribution is 2.61. The number of hydrogen-bond donors (Lipinski definition) is 2. The molecule has 4 fully saturated rings. The molecule has 4 aliphatic carbocycles. The van der Waals surface area contributed by atoms with Crippen LogP contribution in [0.2, 0.25) is 0 Å². The molecule has 0 heterocycles. The third-order valence-electron chi connectivity index (χ3n) is 6.74. The van der Waals surface area contributed by atoms with E-state index in [0.29, 0.717) is 11.0 Å². The van der Waals surface area contributed by atoms with Crippen molar-refractivity contribution in [1.82, 2.24) is 5.48 Å². The van der Waals surface area contributed by atoms with Crippen LogP contribution in [0.15, 0.2) is 18.2 Å². The number of rotatable bonds is 5. The predicted molar refractivity (Wildman–Crippen MR) is 89.2 cm³/mol. The number of hydroxylamine groups is 1. The first-order valence-electron chi connectivity index (χ1n) is 9.30. The zero-order chi connectivity index (χ0) is 16.7. The molecule has 4 aliphatic rings. The van der Waals surface area contributed by atoms with Crippen molar-refractivity contribution in [2.45, 2.75) is 57.8 Å². The van der Waals surface area contributed by atoms with E-state index >= 15 is 0 Å². The molecule has 2 N–H and O–H groups in total. The van der Waals surface area contributed by atoms with Gasteiger partial charge in [-0.1, -0.05) is 6.07 Å². The lowest BCUT2D eigenvalue weighted by Crippen LogP contribution is -2.45. The van der Waals surface area contributed by atoms with E-state index in [1.54, 1.807) is 12.1 Å². The molecular weight excluding hydrogens is 305 g/mol. The van der Waals surface area contributed by atoms with E-state index in [-0.39, 0.29) is 11.4 Å². The van der Waals surface area contributed by atoms with Crippen LogP contribution in [-0.4, -0.2) is 11.1 Å². The summed E-state index contributed by atoms with van der Waals surface area (Å²) in [5.41, 5.74) is 2.91. The van der Waals surface area contributed by atoms with Crippen LogP contribution in [0.5, 0.6) is 0 Å². The molecule has 1 amide bonds.